The average molecular weight is 344 g/mol. The van der Waals surface area contributed by atoms with Crippen LogP contribution in [-0.2, 0) is 7.05 Å². The van der Waals surface area contributed by atoms with Crippen LogP contribution in [0.5, 0.6) is 0 Å². The number of aromatic nitrogens is 2. The summed E-state index contributed by atoms with van der Waals surface area (Å²) in [5.74, 6) is -0.0422. The molecule has 0 fully saturated rings. The zero-order chi connectivity index (χ0) is 11.7. The molecule has 1 aromatic heterocycles. The maximum atomic E-state index is 12.2. The molecule has 0 aliphatic carbocycles. The van der Waals surface area contributed by atoms with E-state index in [1.807, 2.05) is 12.1 Å². The second-order valence-electron chi connectivity index (χ2n) is 3.30. The molecule has 0 bridgehead atoms. The summed E-state index contributed by atoms with van der Waals surface area (Å²) in [6.07, 6.45) is 1.62. The lowest BCUT2D eigenvalue weighted by atomic mass is 10.1. The molecule has 82 valence electrons. The van der Waals surface area contributed by atoms with E-state index in [4.69, 9.17) is 0 Å². The first-order valence-electron chi connectivity index (χ1n) is 4.57. The van der Waals surface area contributed by atoms with Crippen LogP contribution in [0.15, 0.2) is 39.4 Å². The molecule has 0 aliphatic heterocycles. The molecule has 0 unspecified atom stereocenters. The van der Waals surface area contributed by atoms with Gasteiger partial charge in [0, 0.05) is 17.1 Å². The quantitative estimate of drug-likeness (QED) is 0.785. The summed E-state index contributed by atoms with van der Waals surface area (Å²) in [6.45, 7) is 0. The average Bonchev–Trinajstić information content (AvgIpc) is 2.59. The lowest BCUT2D eigenvalue weighted by Gasteiger charge is -2.02. The van der Waals surface area contributed by atoms with Gasteiger partial charge in [-0.3, -0.25) is 9.48 Å². The molecule has 5 heteroatoms. The van der Waals surface area contributed by atoms with E-state index in [2.05, 4.69) is 37.0 Å². The summed E-state index contributed by atoms with van der Waals surface area (Å²) in [5.41, 5.74) is 1.20. The van der Waals surface area contributed by atoms with Crippen molar-refractivity contribution in [3.8, 4) is 0 Å². The number of carbonyl (C=O) groups is 1. The third kappa shape index (κ3) is 2.10. The SMILES string of the molecule is Cn1ncc(Br)c1C(=O)c1ccc(Br)cc1. The lowest BCUT2D eigenvalue weighted by molar-refractivity contribution is 0.102. The van der Waals surface area contributed by atoms with Crippen LogP contribution in [0.3, 0.4) is 0 Å². The Bertz CT molecular complexity index is 512. The third-order valence-electron chi connectivity index (χ3n) is 2.22. The van der Waals surface area contributed by atoms with Crippen LogP contribution in [0.4, 0.5) is 0 Å². The zero-order valence-corrected chi connectivity index (χ0v) is 11.6. The van der Waals surface area contributed by atoms with Crippen molar-refractivity contribution in [3.05, 3.63) is 50.7 Å². The van der Waals surface area contributed by atoms with Gasteiger partial charge in [0.1, 0.15) is 5.69 Å². The molecule has 0 saturated carbocycles. The van der Waals surface area contributed by atoms with Crippen molar-refractivity contribution in [2.24, 2.45) is 7.05 Å². The van der Waals surface area contributed by atoms with Crippen molar-refractivity contribution in [1.29, 1.82) is 0 Å². The molecule has 0 N–H and O–H groups in total. The summed E-state index contributed by atoms with van der Waals surface area (Å²) >= 11 is 6.65. The van der Waals surface area contributed by atoms with Gasteiger partial charge >= 0.3 is 0 Å². The highest BCUT2D eigenvalue weighted by Gasteiger charge is 2.16. The van der Waals surface area contributed by atoms with E-state index in [1.54, 1.807) is 30.1 Å². The summed E-state index contributed by atoms with van der Waals surface area (Å²) in [4.78, 5) is 12.2. The fourth-order valence-corrected chi connectivity index (χ4v) is 2.20. The summed E-state index contributed by atoms with van der Waals surface area (Å²) < 4.78 is 3.23. The molecule has 1 heterocycles. The van der Waals surface area contributed by atoms with E-state index in [0.717, 1.165) is 4.47 Å². The van der Waals surface area contributed by atoms with Gasteiger partial charge in [0.05, 0.1) is 10.7 Å². The number of aryl methyl sites for hydroxylation is 1. The largest absolute Gasteiger partial charge is 0.287 e. The number of hydrogen-bond acceptors (Lipinski definition) is 2. The summed E-state index contributed by atoms with van der Waals surface area (Å²) in [6, 6.07) is 7.26. The zero-order valence-electron chi connectivity index (χ0n) is 8.45. The molecule has 0 radical (unpaired) electrons. The number of rotatable bonds is 2. The molecular formula is C11H8Br2N2O. The Kier molecular flexibility index (Phi) is 3.25. The maximum Gasteiger partial charge on any atom is 0.212 e. The van der Waals surface area contributed by atoms with Crippen LogP contribution < -0.4 is 0 Å². The highest BCUT2D eigenvalue weighted by Crippen LogP contribution is 2.20. The Morgan fingerprint density at radius 1 is 1.25 bits per heavy atom. The molecule has 0 saturated heterocycles. The molecule has 0 aliphatic rings. The molecule has 0 spiro atoms. The van der Waals surface area contributed by atoms with Crippen molar-refractivity contribution in [2.75, 3.05) is 0 Å². The van der Waals surface area contributed by atoms with Gasteiger partial charge in [-0.25, -0.2) is 0 Å². The van der Waals surface area contributed by atoms with Crippen LogP contribution in [-0.4, -0.2) is 15.6 Å². The summed E-state index contributed by atoms with van der Waals surface area (Å²) in [5, 5.41) is 4.02. The minimum atomic E-state index is -0.0422. The number of ketones is 1. The van der Waals surface area contributed by atoms with Crippen LogP contribution >= 0.6 is 31.9 Å². The molecule has 0 atom stereocenters. The van der Waals surface area contributed by atoms with Gasteiger partial charge in [-0.1, -0.05) is 15.9 Å². The summed E-state index contributed by atoms with van der Waals surface area (Å²) in [7, 11) is 1.75. The second-order valence-corrected chi connectivity index (χ2v) is 5.07. The van der Waals surface area contributed by atoms with E-state index in [1.165, 1.54) is 0 Å². The fraction of sp³-hybridized carbons (Fsp3) is 0.0909. The monoisotopic (exact) mass is 342 g/mol. The molecule has 16 heavy (non-hydrogen) atoms. The smallest absolute Gasteiger partial charge is 0.212 e. The highest BCUT2D eigenvalue weighted by atomic mass is 79.9. The third-order valence-corrected chi connectivity index (χ3v) is 3.32. The van der Waals surface area contributed by atoms with Gasteiger partial charge in [0.2, 0.25) is 5.78 Å². The Labute approximate surface area is 110 Å². The topological polar surface area (TPSA) is 34.9 Å². The van der Waals surface area contributed by atoms with Crippen molar-refractivity contribution >= 4 is 37.6 Å². The first-order valence-corrected chi connectivity index (χ1v) is 6.16. The van der Waals surface area contributed by atoms with E-state index in [9.17, 15) is 4.79 Å². The van der Waals surface area contributed by atoms with Gasteiger partial charge in [0.25, 0.3) is 0 Å². The van der Waals surface area contributed by atoms with Crippen LogP contribution in [0, 0.1) is 0 Å². The number of hydrogen-bond donors (Lipinski definition) is 0. The first-order chi connectivity index (χ1) is 7.59. The van der Waals surface area contributed by atoms with E-state index in [-0.39, 0.29) is 5.78 Å². The molecule has 0 amide bonds. The minimum Gasteiger partial charge on any atom is -0.287 e. The maximum absolute atomic E-state index is 12.2. The van der Waals surface area contributed by atoms with Crippen LogP contribution in [0.2, 0.25) is 0 Å². The van der Waals surface area contributed by atoms with E-state index < -0.39 is 0 Å². The predicted molar refractivity (Wildman–Crippen MR) is 68.5 cm³/mol. The lowest BCUT2D eigenvalue weighted by Crippen LogP contribution is -2.08. The molecule has 2 rings (SSSR count). The van der Waals surface area contributed by atoms with E-state index >= 15 is 0 Å². The second kappa shape index (κ2) is 4.51. The minimum absolute atomic E-state index is 0.0422. The van der Waals surface area contributed by atoms with Gasteiger partial charge in [-0.2, -0.15) is 5.10 Å². The standard InChI is InChI=1S/C11H8Br2N2O/c1-15-10(9(13)6-14-15)11(16)7-2-4-8(12)5-3-7/h2-6H,1H3. The van der Waals surface area contributed by atoms with Crippen molar-refractivity contribution in [1.82, 2.24) is 9.78 Å². The fourth-order valence-electron chi connectivity index (χ4n) is 1.40. The van der Waals surface area contributed by atoms with Gasteiger partial charge in [-0.05, 0) is 40.2 Å². The number of nitrogens with zero attached hydrogens (tertiary/aromatic N) is 2. The Morgan fingerprint density at radius 2 is 1.88 bits per heavy atom. The molecular weight excluding hydrogens is 336 g/mol. The van der Waals surface area contributed by atoms with Crippen LogP contribution in [0.25, 0.3) is 0 Å². The van der Waals surface area contributed by atoms with Crippen LogP contribution in [0.1, 0.15) is 16.1 Å². The Hall–Kier alpha value is -0.940. The normalized spacial score (nSPS) is 10.4. The number of halogens is 2. The number of benzene rings is 1. The van der Waals surface area contributed by atoms with Gasteiger partial charge < -0.3 is 0 Å². The van der Waals surface area contributed by atoms with Gasteiger partial charge in [0.15, 0.2) is 0 Å². The highest BCUT2D eigenvalue weighted by molar-refractivity contribution is 9.10. The Balaban J connectivity index is 2.43. The molecule has 1 aromatic carbocycles. The first kappa shape index (κ1) is 11.5. The predicted octanol–water partition coefficient (Wildman–Crippen LogP) is 3.18. The van der Waals surface area contributed by atoms with Gasteiger partial charge in [-0.15, -0.1) is 0 Å². The Morgan fingerprint density at radius 3 is 2.38 bits per heavy atom. The number of carbonyl (C=O) groups excluding carboxylic acids is 1. The molecule has 3 nitrogen and oxygen atoms in total. The van der Waals surface area contributed by atoms with E-state index in [0.29, 0.717) is 15.7 Å². The van der Waals surface area contributed by atoms with Crippen molar-refractivity contribution in [3.63, 3.8) is 0 Å². The van der Waals surface area contributed by atoms with Crippen molar-refractivity contribution < 1.29 is 4.79 Å². The molecule has 2 aromatic rings. The van der Waals surface area contributed by atoms with Crippen molar-refractivity contribution in [2.45, 2.75) is 0 Å².